The van der Waals surface area contributed by atoms with Crippen molar-refractivity contribution in [2.45, 2.75) is 24.7 Å². The molecule has 0 bridgehead atoms. The lowest BCUT2D eigenvalue weighted by molar-refractivity contribution is 0.287. The Balaban J connectivity index is 2.24. The zero-order valence-corrected chi connectivity index (χ0v) is 12.9. The van der Waals surface area contributed by atoms with E-state index in [0.29, 0.717) is 13.0 Å². The van der Waals surface area contributed by atoms with E-state index in [9.17, 15) is 17.2 Å². The summed E-state index contributed by atoms with van der Waals surface area (Å²) >= 11 is 0. The van der Waals surface area contributed by atoms with Gasteiger partial charge in [0.1, 0.15) is 11.6 Å². The van der Waals surface area contributed by atoms with Crippen LogP contribution in [0.15, 0.2) is 23.1 Å². The number of rotatable bonds is 4. The lowest BCUT2D eigenvalue weighted by Gasteiger charge is -2.21. The molecular weight excluding hydrogens is 298 g/mol. The van der Waals surface area contributed by atoms with E-state index in [1.54, 1.807) is 0 Å². The van der Waals surface area contributed by atoms with Crippen LogP contribution in [-0.4, -0.2) is 50.3 Å². The highest BCUT2D eigenvalue weighted by Crippen LogP contribution is 2.23. The van der Waals surface area contributed by atoms with Gasteiger partial charge in [0.15, 0.2) is 4.90 Å². The molecule has 0 aliphatic carbocycles. The van der Waals surface area contributed by atoms with Crippen molar-refractivity contribution >= 4 is 10.0 Å². The average Bonchev–Trinajstić information content (AvgIpc) is 2.65. The molecule has 1 aliphatic heterocycles. The summed E-state index contributed by atoms with van der Waals surface area (Å²) in [5.41, 5.74) is 0. The summed E-state index contributed by atoms with van der Waals surface area (Å²) in [7, 11) is -4.13. The van der Waals surface area contributed by atoms with Crippen LogP contribution in [0.25, 0.3) is 0 Å². The van der Waals surface area contributed by atoms with Gasteiger partial charge in [-0.25, -0.2) is 17.2 Å². The maximum atomic E-state index is 13.7. The number of hydrogen-bond donors (Lipinski definition) is 0. The van der Waals surface area contributed by atoms with Crippen molar-refractivity contribution in [3.05, 3.63) is 29.8 Å². The SMILES string of the molecule is CCCN1CCCN(S(=O)(=O)c2c(F)cccc2F)CC1. The first kappa shape index (κ1) is 16.3. The van der Waals surface area contributed by atoms with Crippen LogP contribution in [0.5, 0.6) is 0 Å². The Morgan fingerprint density at radius 2 is 1.76 bits per heavy atom. The molecule has 2 rings (SSSR count). The lowest BCUT2D eigenvalue weighted by Crippen LogP contribution is -2.36. The highest BCUT2D eigenvalue weighted by molar-refractivity contribution is 7.89. The van der Waals surface area contributed by atoms with Gasteiger partial charge in [0, 0.05) is 19.6 Å². The third-order valence-electron chi connectivity index (χ3n) is 3.60. The minimum atomic E-state index is -4.13. The summed E-state index contributed by atoms with van der Waals surface area (Å²) in [5.74, 6) is -2.07. The standard InChI is InChI=1S/C14H20F2N2O2S/c1-2-7-17-8-4-9-18(11-10-17)21(19,20)14-12(15)5-3-6-13(14)16/h3,5-6H,2,4,7-11H2,1H3. The van der Waals surface area contributed by atoms with E-state index >= 15 is 0 Å². The molecule has 0 aromatic heterocycles. The molecule has 1 saturated heterocycles. The molecule has 0 spiro atoms. The molecule has 1 fully saturated rings. The van der Waals surface area contributed by atoms with Crippen LogP contribution in [0.2, 0.25) is 0 Å². The Morgan fingerprint density at radius 1 is 1.10 bits per heavy atom. The van der Waals surface area contributed by atoms with E-state index in [-0.39, 0.29) is 13.1 Å². The molecule has 21 heavy (non-hydrogen) atoms. The van der Waals surface area contributed by atoms with E-state index in [2.05, 4.69) is 11.8 Å². The molecular formula is C14H20F2N2O2S. The maximum Gasteiger partial charge on any atom is 0.248 e. The van der Waals surface area contributed by atoms with Crippen LogP contribution in [-0.2, 0) is 10.0 Å². The van der Waals surface area contributed by atoms with Crippen molar-refractivity contribution in [3.8, 4) is 0 Å². The molecule has 4 nitrogen and oxygen atoms in total. The number of hydrogen-bond acceptors (Lipinski definition) is 3. The molecule has 0 atom stereocenters. The molecule has 118 valence electrons. The quantitative estimate of drug-likeness (QED) is 0.853. The van der Waals surface area contributed by atoms with Crippen molar-refractivity contribution in [1.29, 1.82) is 0 Å². The Hall–Kier alpha value is -1.05. The fraction of sp³-hybridized carbons (Fsp3) is 0.571. The summed E-state index contributed by atoms with van der Waals surface area (Å²) in [6.07, 6.45) is 1.66. The largest absolute Gasteiger partial charge is 0.302 e. The molecule has 1 aliphatic rings. The van der Waals surface area contributed by atoms with Crippen LogP contribution in [0.3, 0.4) is 0 Å². The van der Waals surface area contributed by atoms with Gasteiger partial charge >= 0.3 is 0 Å². The maximum absolute atomic E-state index is 13.7. The van der Waals surface area contributed by atoms with Crippen LogP contribution in [0.4, 0.5) is 8.78 Å². The first-order valence-corrected chi connectivity index (χ1v) is 8.57. The van der Waals surface area contributed by atoms with Gasteiger partial charge in [-0.15, -0.1) is 0 Å². The van der Waals surface area contributed by atoms with Crippen LogP contribution < -0.4 is 0 Å². The van der Waals surface area contributed by atoms with Gasteiger partial charge in [0.05, 0.1) is 0 Å². The van der Waals surface area contributed by atoms with Crippen LogP contribution >= 0.6 is 0 Å². The van der Waals surface area contributed by atoms with E-state index in [1.807, 2.05) is 0 Å². The zero-order chi connectivity index (χ0) is 15.5. The molecule has 0 amide bonds. The number of halogens is 2. The van der Waals surface area contributed by atoms with E-state index in [0.717, 1.165) is 37.7 Å². The monoisotopic (exact) mass is 318 g/mol. The van der Waals surface area contributed by atoms with Crippen LogP contribution in [0.1, 0.15) is 19.8 Å². The highest BCUT2D eigenvalue weighted by Gasteiger charge is 2.31. The minimum Gasteiger partial charge on any atom is -0.302 e. The molecule has 1 heterocycles. The first-order valence-electron chi connectivity index (χ1n) is 7.13. The zero-order valence-electron chi connectivity index (χ0n) is 12.1. The summed E-state index contributed by atoms with van der Waals surface area (Å²) in [4.78, 5) is 1.33. The lowest BCUT2D eigenvalue weighted by atomic mass is 10.3. The predicted octanol–water partition coefficient (Wildman–Crippen LogP) is 2.07. The molecule has 0 radical (unpaired) electrons. The molecule has 0 saturated carbocycles. The van der Waals surface area contributed by atoms with Gasteiger partial charge < -0.3 is 4.90 Å². The first-order chi connectivity index (χ1) is 9.96. The number of nitrogens with zero attached hydrogens (tertiary/aromatic N) is 2. The van der Waals surface area contributed by atoms with E-state index in [1.165, 1.54) is 4.31 Å². The van der Waals surface area contributed by atoms with Gasteiger partial charge in [0.25, 0.3) is 0 Å². The second-order valence-electron chi connectivity index (χ2n) is 5.15. The fourth-order valence-corrected chi connectivity index (χ4v) is 4.16. The Morgan fingerprint density at radius 3 is 2.38 bits per heavy atom. The summed E-state index contributed by atoms with van der Waals surface area (Å²) in [6, 6.07) is 3.10. The Kier molecular flexibility index (Phi) is 5.29. The molecule has 1 aromatic rings. The molecule has 0 unspecified atom stereocenters. The van der Waals surface area contributed by atoms with Gasteiger partial charge in [-0.2, -0.15) is 4.31 Å². The third kappa shape index (κ3) is 3.59. The van der Waals surface area contributed by atoms with Crippen molar-refractivity contribution in [3.63, 3.8) is 0 Å². The van der Waals surface area contributed by atoms with Crippen molar-refractivity contribution in [2.75, 3.05) is 32.7 Å². The highest BCUT2D eigenvalue weighted by atomic mass is 32.2. The van der Waals surface area contributed by atoms with Crippen molar-refractivity contribution < 1.29 is 17.2 Å². The fourth-order valence-electron chi connectivity index (χ4n) is 2.59. The Labute approximate surface area is 124 Å². The summed E-state index contributed by atoms with van der Waals surface area (Å²) < 4.78 is 53.6. The molecule has 7 heteroatoms. The normalized spacial score (nSPS) is 18.6. The number of sulfonamides is 1. The molecule has 1 aromatic carbocycles. The second kappa shape index (κ2) is 6.81. The van der Waals surface area contributed by atoms with Gasteiger partial charge in [-0.3, -0.25) is 0 Å². The van der Waals surface area contributed by atoms with Crippen LogP contribution in [0, 0.1) is 11.6 Å². The Bertz CT molecular complexity index is 572. The topological polar surface area (TPSA) is 40.6 Å². The summed E-state index contributed by atoms with van der Waals surface area (Å²) in [5, 5.41) is 0. The van der Waals surface area contributed by atoms with Crippen molar-refractivity contribution in [2.24, 2.45) is 0 Å². The summed E-state index contributed by atoms with van der Waals surface area (Å²) in [6.45, 7) is 4.91. The van der Waals surface area contributed by atoms with Gasteiger partial charge in [0.2, 0.25) is 10.0 Å². The third-order valence-corrected chi connectivity index (χ3v) is 5.56. The predicted molar refractivity (Wildman–Crippen MR) is 76.5 cm³/mol. The minimum absolute atomic E-state index is 0.260. The van der Waals surface area contributed by atoms with E-state index in [4.69, 9.17) is 0 Å². The number of benzene rings is 1. The van der Waals surface area contributed by atoms with Crippen molar-refractivity contribution in [1.82, 2.24) is 9.21 Å². The second-order valence-corrected chi connectivity index (χ2v) is 7.02. The molecule has 0 N–H and O–H groups in total. The smallest absolute Gasteiger partial charge is 0.248 e. The van der Waals surface area contributed by atoms with Gasteiger partial charge in [-0.05, 0) is 38.1 Å². The van der Waals surface area contributed by atoms with Gasteiger partial charge in [-0.1, -0.05) is 13.0 Å². The average molecular weight is 318 g/mol. The van der Waals surface area contributed by atoms with E-state index < -0.39 is 26.6 Å².